The van der Waals surface area contributed by atoms with Crippen molar-refractivity contribution in [3.05, 3.63) is 47.3 Å². The summed E-state index contributed by atoms with van der Waals surface area (Å²) >= 11 is 0. The van der Waals surface area contributed by atoms with Crippen LogP contribution in [0.5, 0.6) is 11.6 Å². The maximum atomic E-state index is 12.4. The van der Waals surface area contributed by atoms with Gasteiger partial charge in [0.25, 0.3) is 5.91 Å². The molecule has 0 spiro atoms. The standard InChI is InChI=1S/C21H20N6O3/c1-11(8-22)25-21(29)16-9-23-20-19(16)27-18(10-24-20)30-14-5-3-13-4-6-17(15(13)7-14)26-12(2)28/h3,5,7,9-11,17H,4,6H2,1-2H3,(H,23,24)(H,25,29)(H,26,28)/t11?,17-/m1/s1. The van der Waals surface area contributed by atoms with Crippen molar-refractivity contribution in [3.8, 4) is 17.7 Å². The highest BCUT2D eigenvalue weighted by atomic mass is 16.5. The monoisotopic (exact) mass is 404 g/mol. The summed E-state index contributed by atoms with van der Waals surface area (Å²) in [7, 11) is 0. The number of carbonyl (C=O) groups excluding carboxylic acids is 2. The van der Waals surface area contributed by atoms with E-state index in [1.165, 1.54) is 24.9 Å². The number of carbonyl (C=O) groups is 2. The van der Waals surface area contributed by atoms with Gasteiger partial charge >= 0.3 is 0 Å². The molecule has 1 aliphatic carbocycles. The molecule has 0 saturated carbocycles. The number of benzene rings is 1. The van der Waals surface area contributed by atoms with Gasteiger partial charge < -0.3 is 20.4 Å². The lowest BCUT2D eigenvalue weighted by molar-refractivity contribution is -0.119. The van der Waals surface area contributed by atoms with Gasteiger partial charge in [0.15, 0.2) is 5.65 Å². The fourth-order valence-electron chi connectivity index (χ4n) is 3.56. The van der Waals surface area contributed by atoms with Crippen LogP contribution in [-0.4, -0.2) is 32.8 Å². The Labute approximate surface area is 172 Å². The minimum Gasteiger partial charge on any atom is -0.437 e. The zero-order valence-electron chi connectivity index (χ0n) is 16.5. The van der Waals surface area contributed by atoms with Crippen molar-refractivity contribution < 1.29 is 14.3 Å². The summed E-state index contributed by atoms with van der Waals surface area (Å²) in [6.07, 6.45) is 4.72. The largest absolute Gasteiger partial charge is 0.437 e. The molecule has 9 heteroatoms. The second-order valence-corrected chi connectivity index (χ2v) is 7.19. The van der Waals surface area contributed by atoms with Gasteiger partial charge in [0.05, 0.1) is 23.9 Å². The lowest BCUT2D eigenvalue weighted by Crippen LogP contribution is -2.31. The minimum atomic E-state index is -0.627. The Balaban J connectivity index is 1.59. The van der Waals surface area contributed by atoms with Gasteiger partial charge in [-0.3, -0.25) is 9.59 Å². The molecule has 1 aromatic carbocycles. The summed E-state index contributed by atoms with van der Waals surface area (Å²) in [6.45, 7) is 3.10. The average Bonchev–Trinajstić information content (AvgIpc) is 3.31. The molecule has 3 aromatic rings. The third kappa shape index (κ3) is 3.80. The van der Waals surface area contributed by atoms with Crippen LogP contribution in [0, 0.1) is 11.3 Å². The van der Waals surface area contributed by atoms with E-state index in [4.69, 9.17) is 10.00 Å². The third-order valence-electron chi connectivity index (χ3n) is 4.94. The van der Waals surface area contributed by atoms with Gasteiger partial charge in [0.1, 0.15) is 17.3 Å². The number of hydrogen-bond acceptors (Lipinski definition) is 6. The molecule has 0 fully saturated rings. The van der Waals surface area contributed by atoms with Crippen molar-refractivity contribution in [1.82, 2.24) is 25.6 Å². The maximum absolute atomic E-state index is 12.4. The molecule has 2 heterocycles. The molecule has 3 N–H and O–H groups in total. The molecule has 0 aliphatic heterocycles. The van der Waals surface area contributed by atoms with Gasteiger partial charge in [-0.1, -0.05) is 6.07 Å². The highest BCUT2D eigenvalue weighted by molar-refractivity contribution is 6.04. The highest BCUT2D eigenvalue weighted by Crippen LogP contribution is 2.35. The predicted molar refractivity (Wildman–Crippen MR) is 108 cm³/mol. The molecule has 2 amide bonds. The number of nitriles is 1. The zero-order chi connectivity index (χ0) is 21.3. The third-order valence-corrected chi connectivity index (χ3v) is 4.94. The van der Waals surface area contributed by atoms with Crippen LogP contribution >= 0.6 is 0 Å². The molecule has 2 aromatic heterocycles. The van der Waals surface area contributed by atoms with Crippen LogP contribution in [0.3, 0.4) is 0 Å². The quantitative estimate of drug-likeness (QED) is 0.598. The lowest BCUT2D eigenvalue weighted by atomic mass is 10.1. The first-order valence-electron chi connectivity index (χ1n) is 9.57. The van der Waals surface area contributed by atoms with E-state index in [2.05, 4.69) is 25.6 Å². The highest BCUT2D eigenvalue weighted by Gasteiger charge is 2.24. The number of aryl methyl sites for hydroxylation is 1. The molecule has 4 rings (SSSR count). The Morgan fingerprint density at radius 2 is 2.23 bits per heavy atom. The van der Waals surface area contributed by atoms with Gasteiger partial charge in [0.2, 0.25) is 11.8 Å². The van der Waals surface area contributed by atoms with Crippen molar-refractivity contribution in [3.63, 3.8) is 0 Å². The Hall–Kier alpha value is -3.93. The molecule has 30 heavy (non-hydrogen) atoms. The summed E-state index contributed by atoms with van der Waals surface area (Å²) < 4.78 is 5.89. The summed E-state index contributed by atoms with van der Waals surface area (Å²) in [5, 5.41) is 14.4. The van der Waals surface area contributed by atoms with Crippen molar-refractivity contribution >= 4 is 23.0 Å². The fraction of sp³-hybridized carbons (Fsp3) is 0.286. The lowest BCUT2D eigenvalue weighted by Gasteiger charge is -2.13. The fourth-order valence-corrected chi connectivity index (χ4v) is 3.56. The van der Waals surface area contributed by atoms with Crippen molar-refractivity contribution in [2.24, 2.45) is 0 Å². The van der Waals surface area contributed by atoms with Crippen molar-refractivity contribution in [2.45, 2.75) is 38.8 Å². The van der Waals surface area contributed by atoms with E-state index < -0.39 is 11.9 Å². The number of rotatable bonds is 5. The van der Waals surface area contributed by atoms with E-state index in [-0.39, 0.29) is 23.4 Å². The van der Waals surface area contributed by atoms with E-state index in [0.29, 0.717) is 16.9 Å². The summed E-state index contributed by atoms with van der Waals surface area (Å²) in [6, 6.07) is 7.03. The first-order valence-corrected chi connectivity index (χ1v) is 9.57. The second-order valence-electron chi connectivity index (χ2n) is 7.19. The Morgan fingerprint density at radius 3 is 3.00 bits per heavy atom. The minimum absolute atomic E-state index is 0.0308. The second kappa shape index (κ2) is 7.83. The van der Waals surface area contributed by atoms with E-state index in [0.717, 1.165) is 18.4 Å². The summed E-state index contributed by atoms with van der Waals surface area (Å²) in [5.74, 6) is 0.315. The SMILES string of the molecule is CC(=O)N[C@@H]1CCc2ccc(Oc3cnc4[nH]cc(C(=O)NC(C)C#N)c4n3)cc21. The molecule has 0 saturated heterocycles. The van der Waals surface area contributed by atoms with Crippen LogP contribution in [0.1, 0.15) is 47.8 Å². The molecular formula is C21H20N6O3. The maximum Gasteiger partial charge on any atom is 0.256 e. The number of H-pyrrole nitrogens is 1. The van der Waals surface area contributed by atoms with Crippen molar-refractivity contribution in [1.29, 1.82) is 5.26 Å². The molecule has 0 bridgehead atoms. The average molecular weight is 404 g/mol. The molecule has 1 unspecified atom stereocenters. The molecule has 2 atom stereocenters. The van der Waals surface area contributed by atoms with Crippen LogP contribution in [-0.2, 0) is 11.2 Å². The first-order chi connectivity index (χ1) is 14.4. The smallest absolute Gasteiger partial charge is 0.256 e. The van der Waals surface area contributed by atoms with E-state index >= 15 is 0 Å². The van der Waals surface area contributed by atoms with Gasteiger partial charge in [-0.25, -0.2) is 9.97 Å². The number of amides is 2. The van der Waals surface area contributed by atoms with Gasteiger partial charge in [-0.15, -0.1) is 0 Å². The van der Waals surface area contributed by atoms with Crippen molar-refractivity contribution in [2.75, 3.05) is 0 Å². The van der Waals surface area contributed by atoms with E-state index in [9.17, 15) is 9.59 Å². The topological polar surface area (TPSA) is 133 Å². The van der Waals surface area contributed by atoms with Gasteiger partial charge in [-0.2, -0.15) is 5.26 Å². The normalized spacial score (nSPS) is 15.8. The molecule has 9 nitrogen and oxygen atoms in total. The number of nitrogens with one attached hydrogen (secondary N) is 3. The number of ether oxygens (including phenoxy) is 1. The molecule has 0 radical (unpaired) electrons. The summed E-state index contributed by atoms with van der Waals surface area (Å²) in [4.78, 5) is 35.4. The van der Waals surface area contributed by atoms with Crippen LogP contribution < -0.4 is 15.4 Å². The number of aromatic nitrogens is 3. The van der Waals surface area contributed by atoms with Crippen LogP contribution in [0.4, 0.5) is 0 Å². The van der Waals surface area contributed by atoms with Crippen LogP contribution in [0.2, 0.25) is 0 Å². The predicted octanol–water partition coefficient (Wildman–Crippen LogP) is 2.52. The van der Waals surface area contributed by atoms with E-state index in [1.54, 1.807) is 6.92 Å². The van der Waals surface area contributed by atoms with Gasteiger partial charge in [0, 0.05) is 13.1 Å². The van der Waals surface area contributed by atoms with Crippen LogP contribution in [0.25, 0.3) is 11.2 Å². The van der Waals surface area contributed by atoms with Gasteiger partial charge in [-0.05, 0) is 43.0 Å². The van der Waals surface area contributed by atoms with E-state index in [1.807, 2.05) is 24.3 Å². The van der Waals surface area contributed by atoms with Crippen LogP contribution in [0.15, 0.2) is 30.6 Å². The molecule has 1 aliphatic rings. The number of hydrogen-bond donors (Lipinski definition) is 3. The molecular weight excluding hydrogens is 384 g/mol. The Morgan fingerprint density at radius 1 is 1.40 bits per heavy atom. The zero-order valence-corrected chi connectivity index (χ0v) is 16.5. The number of fused-ring (bicyclic) bond motifs is 2. The Kier molecular flexibility index (Phi) is 5.06. The Bertz CT molecular complexity index is 1180. The summed E-state index contributed by atoms with van der Waals surface area (Å²) in [5.41, 5.74) is 3.29. The molecule has 152 valence electrons. The number of nitrogens with zero attached hydrogens (tertiary/aromatic N) is 3. The first kappa shape index (κ1) is 19.4. The number of aromatic amines is 1.